The molecule has 15 heavy (non-hydrogen) atoms. The quantitative estimate of drug-likeness (QED) is 0.711. The topological polar surface area (TPSA) is 38.3 Å². The van der Waals surface area contributed by atoms with Crippen molar-refractivity contribution in [3.8, 4) is 0 Å². The lowest BCUT2D eigenvalue weighted by Crippen LogP contribution is -2.37. The number of ether oxygens (including phenoxy) is 1. The molecule has 1 amide bonds. The average molecular weight is 209 g/mol. The van der Waals surface area contributed by atoms with Crippen molar-refractivity contribution in [3.63, 3.8) is 0 Å². The Balaban J connectivity index is 1.94. The summed E-state index contributed by atoms with van der Waals surface area (Å²) in [5, 5.41) is 3.01. The van der Waals surface area contributed by atoms with E-state index in [-0.39, 0.29) is 18.1 Å². The number of hydrogen-bond donors (Lipinski definition) is 1. The van der Waals surface area contributed by atoms with Crippen LogP contribution in [0.1, 0.15) is 32.1 Å². The Hall–Kier alpha value is -0.570. The first-order valence-electron chi connectivity index (χ1n) is 6.14. The van der Waals surface area contributed by atoms with Crippen molar-refractivity contribution in [2.45, 2.75) is 38.3 Å². The number of fused-ring (bicyclic) bond motifs is 3. The summed E-state index contributed by atoms with van der Waals surface area (Å²) in [6.07, 6.45) is 6.42. The lowest BCUT2D eigenvalue weighted by molar-refractivity contribution is -0.125. The zero-order valence-corrected chi connectivity index (χ0v) is 9.24. The van der Waals surface area contributed by atoms with Crippen molar-refractivity contribution >= 4 is 5.91 Å². The molecule has 2 bridgehead atoms. The van der Waals surface area contributed by atoms with Gasteiger partial charge in [0.05, 0.1) is 0 Å². The van der Waals surface area contributed by atoms with Crippen LogP contribution in [0.2, 0.25) is 0 Å². The predicted molar refractivity (Wildman–Crippen MR) is 56.0 cm³/mol. The number of rotatable bonds is 1. The lowest BCUT2D eigenvalue weighted by Gasteiger charge is -2.35. The minimum Gasteiger partial charge on any atom is -0.361 e. The molecule has 0 spiro atoms. The van der Waals surface area contributed by atoms with Crippen molar-refractivity contribution in [1.82, 2.24) is 5.32 Å². The SMILES string of the molecule is COC1NC(=O)C2C3CCCC(CC3)C12. The zero-order valence-electron chi connectivity index (χ0n) is 9.24. The van der Waals surface area contributed by atoms with Crippen LogP contribution in [0.3, 0.4) is 0 Å². The van der Waals surface area contributed by atoms with Gasteiger partial charge in [0, 0.05) is 18.9 Å². The standard InChI is InChI=1S/C12H19NO2/c1-15-12-10-8-4-2-3-7(5-6-8)9(10)11(14)13-12/h7-10,12H,2-6H2,1H3,(H,13,14). The highest BCUT2D eigenvalue weighted by Gasteiger charge is 2.53. The number of methoxy groups -OCH3 is 1. The normalized spacial score (nSPS) is 48.6. The van der Waals surface area contributed by atoms with Crippen LogP contribution in [-0.2, 0) is 9.53 Å². The first kappa shape index (κ1) is 9.64. The van der Waals surface area contributed by atoms with E-state index < -0.39 is 0 Å². The molecule has 3 saturated carbocycles. The molecule has 0 aromatic rings. The Labute approximate surface area is 90.6 Å². The summed E-state index contributed by atoms with van der Waals surface area (Å²) in [6.45, 7) is 0. The molecule has 4 aliphatic rings. The Morgan fingerprint density at radius 2 is 1.93 bits per heavy atom. The van der Waals surface area contributed by atoms with Crippen LogP contribution in [0.4, 0.5) is 0 Å². The van der Waals surface area contributed by atoms with Crippen LogP contribution in [0.25, 0.3) is 0 Å². The minimum atomic E-state index is -0.00611. The van der Waals surface area contributed by atoms with Crippen molar-refractivity contribution in [2.75, 3.05) is 7.11 Å². The molecule has 3 heteroatoms. The summed E-state index contributed by atoms with van der Waals surface area (Å²) in [5.41, 5.74) is 0. The van der Waals surface area contributed by atoms with Crippen molar-refractivity contribution in [3.05, 3.63) is 0 Å². The lowest BCUT2D eigenvalue weighted by atomic mass is 9.68. The van der Waals surface area contributed by atoms with E-state index in [0.29, 0.717) is 11.8 Å². The summed E-state index contributed by atoms with van der Waals surface area (Å²) < 4.78 is 5.43. The fraction of sp³-hybridized carbons (Fsp3) is 0.917. The minimum absolute atomic E-state index is 0.00611. The number of carbonyl (C=O) groups is 1. The molecule has 1 aliphatic heterocycles. The van der Waals surface area contributed by atoms with E-state index in [9.17, 15) is 4.79 Å². The van der Waals surface area contributed by atoms with Gasteiger partial charge < -0.3 is 10.1 Å². The van der Waals surface area contributed by atoms with E-state index in [0.717, 1.165) is 5.92 Å². The number of nitrogens with one attached hydrogen (secondary N) is 1. The summed E-state index contributed by atoms with van der Waals surface area (Å²) in [6, 6.07) is 0. The van der Waals surface area contributed by atoms with Crippen molar-refractivity contribution in [1.29, 1.82) is 0 Å². The molecule has 84 valence electrons. The Morgan fingerprint density at radius 1 is 1.20 bits per heavy atom. The largest absolute Gasteiger partial charge is 0.361 e. The van der Waals surface area contributed by atoms with Gasteiger partial charge in [-0.3, -0.25) is 4.79 Å². The third-order valence-electron chi connectivity index (χ3n) is 4.72. The maximum atomic E-state index is 11.9. The maximum absolute atomic E-state index is 11.9. The average Bonchev–Trinajstić information content (AvgIpc) is 2.46. The Bertz CT molecular complexity index is 275. The van der Waals surface area contributed by atoms with Crippen LogP contribution < -0.4 is 5.32 Å². The molecule has 4 fully saturated rings. The molecule has 5 atom stereocenters. The van der Waals surface area contributed by atoms with E-state index in [1.807, 2.05) is 0 Å². The molecule has 1 heterocycles. The second-order valence-corrected chi connectivity index (χ2v) is 5.30. The molecular formula is C12H19NO2. The van der Waals surface area contributed by atoms with Gasteiger partial charge in [-0.25, -0.2) is 0 Å². The fourth-order valence-electron chi connectivity index (χ4n) is 4.08. The second kappa shape index (κ2) is 3.48. The van der Waals surface area contributed by atoms with Crippen molar-refractivity contribution < 1.29 is 9.53 Å². The van der Waals surface area contributed by atoms with Gasteiger partial charge in [0.2, 0.25) is 5.91 Å². The number of hydrogen-bond acceptors (Lipinski definition) is 2. The monoisotopic (exact) mass is 209 g/mol. The molecule has 1 N–H and O–H groups in total. The van der Waals surface area contributed by atoms with Gasteiger partial charge in [-0.05, 0) is 37.5 Å². The molecular weight excluding hydrogens is 190 g/mol. The van der Waals surface area contributed by atoms with Crippen LogP contribution in [0.15, 0.2) is 0 Å². The molecule has 0 aromatic carbocycles. The van der Waals surface area contributed by atoms with Crippen LogP contribution in [-0.4, -0.2) is 19.2 Å². The smallest absolute Gasteiger partial charge is 0.225 e. The number of amides is 1. The van der Waals surface area contributed by atoms with Gasteiger partial charge in [-0.2, -0.15) is 0 Å². The zero-order chi connectivity index (χ0) is 10.4. The fourth-order valence-corrected chi connectivity index (χ4v) is 4.08. The predicted octanol–water partition coefficient (Wildman–Crippen LogP) is 1.53. The maximum Gasteiger partial charge on any atom is 0.225 e. The van der Waals surface area contributed by atoms with Gasteiger partial charge in [0.1, 0.15) is 6.23 Å². The van der Waals surface area contributed by atoms with Gasteiger partial charge >= 0.3 is 0 Å². The van der Waals surface area contributed by atoms with Crippen LogP contribution in [0, 0.1) is 23.7 Å². The van der Waals surface area contributed by atoms with Gasteiger partial charge in [0.25, 0.3) is 0 Å². The molecule has 3 aliphatic carbocycles. The molecule has 4 rings (SSSR count). The first-order valence-corrected chi connectivity index (χ1v) is 6.14. The molecule has 5 unspecified atom stereocenters. The molecule has 1 saturated heterocycles. The third-order valence-corrected chi connectivity index (χ3v) is 4.72. The summed E-state index contributed by atoms with van der Waals surface area (Å²) in [5.74, 6) is 2.33. The van der Waals surface area contributed by atoms with Crippen LogP contribution in [0.5, 0.6) is 0 Å². The third kappa shape index (κ3) is 1.32. The van der Waals surface area contributed by atoms with E-state index in [4.69, 9.17) is 4.74 Å². The first-order chi connectivity index (χ1) is 7.31. The van der Waals surface area contributed by atoms with E-state index in [1.165, 1.54) is 32.1 Å². The molecule has 0 aromatic heterocycles. The number of carbonyl (C=O) groups excluding carboxylic acids is 1. The van der Waals surface area contributed by atoms with Crippen LogP contribution >= 0.6 is 0 Å². The summed E-state index contributed by atoms with van der Waals surface area (Å²) >= 11 is 0. The van der Waals surface area contributed by atoms with Gasteiger partial charge in [0.15, 0.2) is 0 Å². The van der Waals surface area contributed by atoms with E-state index in [1.54, 1.807) is 7.11 Å². The Morgan fingerprint density at radius 3 is 2.73 bits per heavy atom. The van der Waals surface area contributed by atoms with Gasteiger partial charge in [-0.15, -0.1) is 0 Å². The highest BCUT2D eigenvalue weighted by molar-refractivity contribution is 5.82. The molecule has 3 nitrogen and oxygen atoms in total. The Kier molecular flexibility index (Phi) is 2.23. The molecule has 0 radical (unpaired) electrons. The van der Waals surface area contributed by atoms with E-state index in [2.05, 4.69) is 5.32 Å². The summed E-state index contributed by atoms with van der Waals surface area (Å²) in [4.78, 5) is 11.9. The second-order valence-electron chi connectivity index (χ2n) is 5.30. The highest BCUT2D eigenvalue weighted by Crippen LogP contribution is 2.50. The summed E-state index contributed by atoms with van der Waals surface area (Å²) in [7, 11) is 1.71. The highest BCUT2D eigenvalue weighted by atomic mass is 16.5. The van der Waals surface area contributed by atoms with Gasteiger partial charge in [-0.1, -0.05) is 6.42 Å². The van der Waals surface area contributed by atoms with Crippen molar-refractivity contribution in [2.24, 2.45) is 23.7 Å². The van der Waals surface area contributed by atoms with E-state index >= 15 is 0 Å².